The van der Waals surface area contributed by atoms with Crippen LogP contribution in [-0.4, -0.2) is 25.0 Å². The van der Waals surface area contributed by atoms with Gasteiger partial charge in [0.25, 0.3) is 5.91 Å². The van der Waals surface area contributed by atoms with Crippen molar-refractivity contribution in [1.82, 2.24) is 5.32 Å². The average Bonchev–Trinajstić information content (AvgIpc) is 2.61. The van der Waals surface area contributed by atoms with Gasteiger partial charge in [0, 0.05) is 11.6 Å². The van der Waals surface area contributed by atoms with Gasteiger partial charge in [-0.05, 0) is 61.1 Å². The molecule has 1 aromatic carbocycles. The monoisotopic (exact) mass is 379 g/mol. The number of carbonyl (C=O) groups excluding carboxylic acids is 2. The maximum Gasteiger partial charge on any atom is 0.309 e. The summed E-state index contributed by atoms with van der Waals surface area (Å²) in [5.74, 6) is 0.110. The molecule has 2 rings (SSSR count). The van der Waals surface area contributed by atoms with Crippen molar-refractivity contribution in [2.45, 2.75) is 52.9 Å². The molecule has 144 valence electrons. The van der Waals surface area contributed by atoms with E-state index in [0.717, 1.165) is 31.2 Å². The van der Waals surface area contributed by atoms with Gasteiger partial charge >= 0.3 is 5.97 Å². The highest BCUT2D eigenvalue weighted by Crippen LogP contribution is 2.40. The highest BCUT2D eigenvalue weighted by molar-refractivity contribution is 6.30. The fourth-order valence-electron chi connectivity index (χ4n) is 3.50. The lowest BCUT2D eigenvalue weighted by atomic mass is 9.70. The van der Waals surface area contributed by atoms with Crippen LogP contribution in [0.4, 0.5) is 0 Å². The Morgan fingerprint density at radius 1 is 1.12 bits per heavy atom. The van der Waals surface area contributed by atoms with Crippen LogP contribution < -0.4 is 5.32 Å². The molecule has 1 amide bonds. The molecular weight excluding hydrogens is 350 g/mol. The lowest BCUT2D eigenvalue weighted by Crippen LogP contribution is -2.33. The molecule has 0 heterocycles. The number of ether oxygens (including phenoxy) is 1. The van der Waals surface area contributed by atoms with Crippen molar-refractivity contribution in [3.63, 3.8) is 0 Å². The van der Waals surface area contributed by atoms with Gasteiger partial charge in [-0.3, -0.25) is 9.59 Å². The molecule has 0 saturated heterocycles. The van der Waals surface area contributed by atoms with Gasteiger partial charge in [-0.15, -0.1) is 0 Å². The Morgan fingerprint density at radius 2 is 1.73 bits per heavy atom. The molecule has 0 atom stereocenters. The molecule has 26 heavy (non-hydrogen) atoms. The van der Waals surface area contributed by atoms with E-state index in [1.165, 1.54) is 0 Å². The van der Waals surface area contributed by atoms with Gasteiger partial charge < -0.3 is 10.1 Å². The molecular formula is C21H30ClNO3. The predicted molar refractivity (Wildman–Crippen MR) is 104 cm³/mol. The molecule has 5 heteroatoms. The Labute approximate surface area is 161 Å². The van der Waals surface area contributed by atoms with E-state index in [1.807, 2.05) is 24.3 Å². The molecule has 1 saturated carbocycles. The molecule has 1 N–H and O–H groups in total. The van der Waals surface area contributed by atoms with Gasteiger partial charge in [0.15, 0.2) is 6.61 Å². The maximum absolute atomic E-state index is 12.2. The van der Waals surface area contributed by atoms with Gasteiger partial charge in [0.2, 0.25) is 0 Å². The maximum atomic E-state index is 12.2. The van der Waals surface area contributed by atoms with Crippen LogP contribution in [-0.2, 0) is 20.7 Å². The Bertz CT molecular complexity index is 599. The molecule has 0 bridgehead atoms. The number of nitrogens with one attached hydrogen (secondary N) is 1. The lowest BCUT2D eigenvalue weighted by Gasteiger charge is -2.36. The van der Waals surface area contributed by atoms with Crippen molar-refractivity contribution >= 4 is 23.5 Å². The van der Waals surface area contributed by atoms with Gasteiger partial charge in [-0.25, -0.2) is 0 Å². The van der Waals surface area contributed by atoms with E-state index < -0.39 is 0 Å². The van der Waals surface area contributed by atoms with Crippen molar-refractivity contribution in [2.24, 2.45) is 17.3 Å². The molecule has 0 aliphatic heterocycles. The number of esters is 1. The molecule has 0 aromatic heterocycles. The van der Waals surface area contributed by atoms with Crippen LogP contribution in [0.1, 0.15) is 52.0 Å². The number of hydrogen-bond donors (Lipinski definition) is 1. The summed E-state index contributed by atoms with van der Waals surface area (Å²) in [5.41, 5.74) is 1.39. The van der Waals surface area contributed by atoms with E-state index in [-0.39, 0.29) is 24.4 Å². The van der Waals surface area contributed by atoms with E-state index in [2.05, 4.69) is 26.1 Å². The molecule has 1 fully saturated rings. The summed E-state index contributed by atoms with van der Waals surface area (Å²) >= 11 is 5.84. The summed E-state index contributed by atoms with van der Waals surface area (Å²) in [4.78, 5) is 24.0. The minimum absolute atomic E-state index is 0.0598. The topological polar surface area (TPSA) is 55.4 Å². The molecule has 1 aliphatic rings. The fourth-order valence-corrected chi connectivity index (χ4v) is 3.62. The highest BCUT2D eigenvalue weighted by Gasteiger charge is 2.33. The van der Waals surface area contributed by atoms with Crippen molar-refractivity contribution in [3.05, 3.63) is 34.9 Å². The summed E-state index contributed by atoms with van der Waals surface area (Å²) in [6.07, 6.45) is 4.54. The van der Waals surface area contributed by atoms with Crippen LogP contribution in [0.25, 0.3) is 0 Å². The third kappa shape index (κ3) is 6.64. The standard InChI is InChI=1S/C21H30ClNO3/c1-21(2,3)17-8-6-16(7-9-17)20(25)26-14-19(24)23-13-12-15-4-10-18(22)11-5-15/h4-5,10-11,16-17H,6-9,12-14H2,1-3H3,(H,23,24). The summed E-state index contributed by atoms with van der Waals surface area (Å²) in [6.45, 7) is 7.08. The van der Waals surface area contributed by atoms with Crippen LogP contribution in [0.2, 0.25) is 5.02 Å². The van der Waals surface area contributed by atoms with Crippen LogP contribution >= 0.6 is 11.6 Å². The second-order valence-electron chi connectivity index (χ2n) is 8.25. The van der Waals surface area contributed by atoms with Crippen LogP contribution in [0.5, 0.6) is 0 Å². The first-order valence-corrected chi connectivity index (χ1v) is 9.81. The summed E-state index contributed by atoms with van der Waals surface area (Å²) in [7, 11) is 0. The molecule has 0 spiro atoms. The van der Waals surface area contributed by atoms with Crippen molar-refractivity contribution in [1.29, 1.82) is 0 Å². The predicted octanol–water partition coefficient (Wildman–Crippen LogP) is 4.39. The Kier molecular flexibility index (Phi) is 7.51. The number of amides is 1. The van der Waals surface area contributed by atoms with Crippen molar-refractivity contribution in [3.8, 4) is 0 Å². The fraction of sp³-hybridized carbons (Fsp3) is 0.619. The summed E-state index contributed by atoms with van der Waals surface area (Å²) < 4.78 is 5.21. The minimum atomic E-state index is -0.254. The Balaban J connectivity index is 1.63. The zero-order chi connectivity index (χ0) is 19.2. The third-order valence-corrected chi connectivity index (χ3v) is 5.53. The molecule has 0 unspecified atom stereocenters. The normalized spacial score (nSPS) is 20.5. The van der Waals surface area contributed by atoms with Crippen molar-refractivity contribution < 1.29 is 14.3 Å². The van der Waals surface area contributed by atoms with E-state index in [4.69, 9.17) is 16.3 Å². The number of carbonyl (C=O) groups is 2. The van der Waals surface area contributed by atoms with Gasteiger partial charge in [-0.1, -0.05) is 44.5 Å². The number of rotatable bonds is 6. The molecule has 1 aliphatic carbocycles. The zero-order valence-electron chi connectivity index (χ0n) is 16.0. The largest absolute Gasteiger partial charge is 0.455 e. The highest BCUT2D eigenvalue weighted by atomic mass is 35.5. The number of halogens is 1. The number of hydrogen-bond acceptors (Lipinski definition) is 3. The van der Waals surface area contributed by atoms with Crippen molar-refractivity contribution in [2.75, 3.05) is 13.2 Å². The lowest BCUT2D eigenvalue weighted by molar-refractivity contribution is -0.154. The first-order valence-electron chi connectivity index (χ1n) is 9.43. The van der Waals surface area contributed by atoms with E-state index in [0.29, 0.717) is 29.3 Å². The Morgan fingerprint density at radius 3 is 2.31 bits per heavy atom. The SMILES string of the molecule is CC(C)(C)C1CCC(C(=O)OCC(=O)NCCc2ccc(Cl)cc2)CC1. The van der Waals surface area contributed by atoms with Gasteiger partial charge in [0.05, 0.1) is 5.92 Å². The molecule has 1 aromatic rings. The van der Waals surface area contributed by atoms with E-state index >= 15 is 0 Å². The molecule has 0 radical (unpaired) electrons. The van der Waals surface area contributed by atoms with Gasteiger partial charge in [-0.2, -0.15) is 0 Å². The quantitative estimate of drug-likeness (QED) is 0.745. The van der Waals surface area contributed by atoms with Crippen LogP contribution in [0.15, 0.2) is 24.3 Å². The second-order valence-corrected chi connectivity index (χ2v) is 8.69. The number of benzene rings is 1. The zero-order valence-corrected chi connectivity index (χ0v) is 16.8. The third-order valence-electron chi connectivity index (χ3n) is 5.28. The summed E-state index contributed by atoms with van der Waals surface area (Å²) in [5, 5.41) is 3.48. The van der Waals surface area contributed by atoms with Gasteiger partial charge in [0.1, 0.15) is 0 Å². The Hall–Kier alpha value is -1.55. The first-order chi connectivity index (χ1) is 12.3. The van der Waals surface area contributed by atoms with Crippen LogP contribution in [0.3, 0.4) is 0 Å². The first kappa shape index (κ1) is 20.8. The average molecular weight is 380 g/mol. The van der Waals surface area contributed by atoms with E-state index in [1.54, 1.807) is 0 Å². The summed E-state index contributed by atoms with van der Waals surface area (Å²) in [6, 6.07) is 7.52. The minimum Gasteiger partial charge on any atom is -0.455 e. The van der Waals surface area contributed by atoms with Crippen LogP contribution in [0, 0.1) is 17.3 Å². The van der Waals surface area contributed by atoms with E-state index in [9.17, 15) is 9.59 Å². The smallest absolute Gasteiger partial charge is 0.309 e. The molecule has 4 nitrogen and oxygen atoms in total. The second kappa shape index (κ2) is 9.40.